The van der Waals surface area contributed by atoms with E-state index in [1.54, 1.807) is 19.1 Å². The number of carbonyl (C=O) groups is 1. The summed E-state index contributed by atoms with van der Waals surface area (Å²) in [6.45, 7) is 4.45. The molecule has 4 nitrogen and oxygen atoms in total. The van der Waals surface area contributed by atoms with Crippen molar-refractivity contribution in [3.63, 3.8) is 0 Å². The Balaban J connectivity index is 1.87. The second-order valence-corrected chi connectivity index (χ2v) is 6.17. The van der Waals surface area contributed by atoms with Crippen LogP contribution in [0.4, 0.5) is 5.69 Å². The van der Waals surface area contributed by atoms with Crippen molar-refractivity contribution in [3.05, 3.63) is 29.8 Å². The number of thiocarbonyl (C=S) groups is 1. The summed E-state index contributed by atoms with van der Waals surface area (Å²) >= 11 is 5.38. The molecule has 120 valence electrons. The molecule has 2 atom stereocenters. The fraction of sp³-hybridized carbons (Fsp3) is 0.529. The minimum Gasteiger partial charge on any atom is -0.462 e. The molecular weight excluding hydrogens is 296 g/mol. The van der Waals surface area contributed by atoms with Gasteiger partial charge in [0.2, 0.25) is 0 Å². The van der Waals surface area contributed by atoms with Gasteiger partial charge in [0.15, 0.2) is 5.11 Å². The zero-order valence-electron chi connectivity index (χ0n) is 13.2. The van der Waals surface area contributed by atoms with Crippen molar-refractivity contribution in [2.45, 2.75) is 45.6 Å². The largest absolute Gasteiger partial charge is 0.462 e. The first-order valence-electron chi connectivity index (χ1n) is 7.95. The first-order valence-corrected chi connectivity index (χ1v) is 8.35. The second kappa shape index (κ2) is 8.13. The summed E-state index contributed by atoms with van der Waals surface area (Å²) in [4.78, 5) is 11.6. The molecule has 2 rings (SSSR count). The fourth-order valence-electron chi connectivity index (χ4n) is 2.77. The van der Waals surface area contributed by atoms with Crippen molar-refractivity contribution in [2.75, 3.05) is 11.9 Å². The highest BCUT2D eigenvalue weighted by molar-refractivity contribution is 7.80. The molecule has 0 saturated heterocycles. The number of ether oxygens (including phenoxy) is 1. The van der Waals surface area contributed by atoms with Crippen molar-refractivity contribution in [2.24, 2.45) is 5.92 Å². The van der Waals surface area contributed by atoms with Crippen LogP contribution in [0.25, 0.3) is 0 Å². The van der Waals surface area contributed by atoms with Gasteiger partial charge in [-0.15, -0.1) is 0 Å². The molecule has 0 radical (unpaired) electrons. The molecule has 22 heavy (non-hydrogen) atoms. The molecule has 1 aliphatic carbocycles. The third kappa shape index (κ3) is 4.70. The smallest absolute Gasteiger partial charge is 0.338 e. The Morgan fingerprint density at radius 2 is 1.95 bits per heavy atom. The highest BCUT2D eigenvalue weighted by atomic mass is 32.1. The third-order valence-corrected chi connectivity index (χ3v) is 4.30. The van der Waals surface area contributed by atoms with Crippen LogP contribution in [0.15, 0.2) is 24.3 Å². The number of rotatable bonds is 4. The van der Waals surface area contributed by atoms with Crippen LogP contribution in [-0.2, 0) is 4.74 Å². The SMILES string of the molecule is CCOC(=O)c1ccc(NC(=S)NC2CCCCC2C)cc1. The molecule has 0 aromatic heterocycles. The summed E-state index contributed by atoms with van der Waals surface area (Å²) in [6, 6.07) is 7.61. The van der Waals surface area contributed by atoms with Crippen LogP contribution in [0, 0.1) is 5.92 Å². The van der Waals surface area contributed by atoms with Gasteiger partial charge >= 0.3 is 5.97 Å². The molecule has 1 fully saturated rings. The molecule has 0 bridgehead atoms. The number of anilines is 1. The van der Waals surface area contributed by atoms with Crippen LogP contribution >= 0.6 is 12.2 Å². The van der Waals surface area contributed by atoms with Gasteiger partial charge in [-0.1, -0.05) is 19.8 Å². The Bertz CT molecular complexity index is 516. The van der Waals surface area contributed by atoms with Gasteiger partial charge in [0, 0.05) is 11.7 Å². The van der Waals surface area contributed by atoms with Crippen LogP contribution in [0.2, 0.25) is 0 Å². The number of hydrogen-bond acceptors (Lipinski definition) is 3. The van der Waals surface area contributed by atoms with Gasteiger partial charge in [0.05, 0.1) is 12.2 Å². The van der Waals surface area contributed by atoms with Gasteiger partial charge in [-0.2, -0.15) is 0 Å². The maximum Gasteiger partial charge on any atom is 0.338 e. The topological polar surface area (TPSA) is 50.4 Å². The van der Waals surface area contributed by atoms with E-state index in [1.807, 2.05) is 12.1 Å². The van der Waals surface area contributed by atoms with Crippen LogP contribution < -0.4 is 10.6 Å². The van der Waals surface area contributed by atoms with Crippen molar-refractivity contribution in [1.29, 1.82) is 0 Å². The molecule has 5 heteroatoms. The molecule has 1 aromatic carbocycles. The minimum absolute atomic E-state index is 0.300. The monoisotopic (exact) mass is 320 g/mol. The molecule has 2 N–H and O–H groups in total. The number of carbonyl (C=O) groups excluding carboxylic acids is 1. The molecule has 0 aliphatic heterocycles. The Morgan fingerprint density at radius 1 is 1.27 bits per heavy atom. The highest BCUT2D eigenvalue weighted by Crippen LogP contribution is 2.23. The van der Waals surface area contributed by atoms with Gasteiger partial charge in [-0.05, 0) is 62.2 Å². The van der Waals surface area contributed by atoms with Gasteiger partial charge < -0.3 is 15.4 Å². The zero-order valence-corrected chi connectivity index (χ0v) is 14.0. The molecule has 2 unspecified atom stereocenters. The Labute approximate surface area is 137 Å². The first-order chi connectivity index (χ1) is 10.6. The van der Waals surface area contributed by atoms with E-state index in [2.05, 4.69) is 17.6 Å². The molecule has 1 aliphatic rings. The molecule has 1 saturated carbocycles. The van der Waals surface area contributed by atoms with E-state index in [0.29, 0.717) is 29.2 Å². The van der Waals surface area contributed by atoms with E-state index >= 15 is 0 Å². The quantitative estimate of drug-likeness (QED) is 0.654. The number of benzene rings is 1. The Hall–Kier alpha value is -1.62. The van der Waals surface area contributed by atoms with Gasteiger partial charge in [-0.3, -0.25) is 0 Å². The Kier molecular flexibility index (Phi) is 6.19. The number of esters is 1. The second-order valence-electron chi connectivity index (χ2n) is 5.76. The lowest BCUT2D eigenvalue weighted by Gasteiger charge is -2.30. The maximum atomic E-state index is 11.6. The summed E-state index contributed by atoms with van der Waals surface area (Å²) in [5.41, 5.74) is 1.42. The average molecular weight is 320 g/mol. The predicted molar refractivity (Wildman–Crippen MR) is 93.2 cm³/mol. The number of nitrogens with one attached hydrogen (secondary N) is 2. The van der Waals surface area contributed by atoms with Gasteiger partial charge in [0.25, 0.3) is 0 Å². The lowest BCUT2D eigenvalue weighted by atomic mass is 9.86. The molecular formula is C17H24N2O2S. The zero-order chi connectivity index (χ0) is 15.9. The lowest BCUT2D eigenvalue weighted by molar-refractivity contribution is 0.0526. The van der Waals surface area contributed by atoms with Crippen molar-refractivity contribution in [1.82, 2.24) is 5.32 Å². The van der Waals surface area contributed by atoms with Crippen LogP contribution in [-0.4, -0.2) is 23.7 Å². The molecule has 0 spiro atoms. The van der Waals surface area contributed by atoms with Crippen LogP contribution in [0.5, 0.6) is 0 Å². The van der Waals surface area contributed by atoms with E-state index < -0.39 is 0 Å². The highest BCUT2D eigenvalue weighted by Gasteiger charge is 2.21. The summed E-state index contributed by atoms with van der Waals surface area (Å²) in [7, 11) is 0. The van der Waals surface area contributed by atoms with Crippen molar-refractivity contribution in [3.8, 4) is 0 Å². The summed E-state index contributed by atoms with van der Waals surface area (Å²) in [5, 5.41) is 7.22. The van der Waals surface area contributed by atoms with E-state index in [1.165, 1.54) is 25.7 Å². The summed E-state index contributed by atoms with van der Waals surface area (Å²) in [6.07, 6.45) is 5.01. The maximum absolute atomic E-state index is 11.6. The normalized spacial score (nSPS) is 21.0. The minimum atomic E-state index is -0.300. The summed E-state index contributed by atoms with van der Waals surface area (Å²) < 4.78 is 4.96. The lowest BCUT2D eigenvalue weighted by Crippen LogP contribution is -2.43. The van der Waals surface area contributed by atoms with E-state index in [0.717, 1.165) is 5.69 Å². The fourth-order valence-corrected chi connectivity index (χ4v) is 3.04. The van der Waals surface area contributed by atoms with Crippen LogP contribution in [0.1, 0.15) is 49.9 Å². The van der Waals surface area contributed by atoms with Crippen LogP contribution in [0.3, 0.4) is 0 Å². The van der Waals surface area contributed by atoms with Gasteiger partial charge in [-0.25, -0.2) is 4.79 Å². The Morgan fingerprint density at radius 3 is 2.59 bits per heavy atom. The molecule has 0 heterocycles. The average Bonchev–Trinajstić information content (AvgIpc) is 2.50. The first kappa shape index (κ1) is 16.7. The molecule has 1 aromatic rings. The van der Waals surface area contributed by atoms with Crippen molar-refractivity contribution < 1.29 is 9.53 Å². The predicted octanol–water partition coefficient (Wildman–Crippen LogP) is 3.73. The molecule has 0 amide bonds. The van der Waals surface area contributed by atoms with Gasteiger partial charge in [0.1, 0.15) is 0 Å². The van der Waals surface area contributed by atoms with E-state index in [4.69, 9.17) is 17.0 Å². The van der Waals surface area contributed by atoms with E-state index in [9.17, 15) is 4.79 Å². The van der Waals surface area contributed by atoms with E-state index in [-0.39, 0.29) is 5.97 Å². The van der Waals surface area contributed by atoms with Crippen molar-refractivity contribution >= 4 is 29.0 Å². The third-order valence-electron chi connectivity index (χ3n) is 4.08. The summed E-state index contributed by atoms with van der Waals surface area (Å²) in [5.74, 6) is 0.352. The standard InChI is InChI=1S/C17H24N2O2S/c1-3-21-16(20)13-8-10-14(11-9-13)18-17(22)19-15-7-5-4-6-12(15)2/h8-12,15H,3-7H2,1-2H3,(H2,18,19,22). The number of hydrogen-bond donors (Lipinski definition) is 2.